The van der Waals surface area contributed by atoms with Crippen molar-refractivity contribution in [2.45, 2.75) is 0 Å². The first-order chi connectivity index (χ1) is 7.22. The van der Waals surface area contributed by atoms with E-state index < -0.39 is 5.97 Å². The smallest absolute Gasteiger partial charge is 0.341 e. The van der Waals surface area contributed by atoms with Gasteiger partial charge in [0.2, 0.25) is 0 Å². The minimum Gasteiger partial charge on any atom is -0.491 e. The predicted molar refractivity (Wildman–Crippen MR) is 52.2 cm³/mol. The highest BCUT2D eigenvalue weighted by Gasteiger charge is 1.99. The molecule has 0 amide bonds. The summed E-state index contributed by atoms with van der Waals surface area (Å²) in [6.45, 7) is -0.177. The molecule has 2 N–H and O–H groups in total. The van der Waals surface area contributed by atoms with Gasteiger partial charge in [-0.3, -0.25) is 0 Å². The number of carbonyl (C=O) groups is 1. The van der Waals surface area contributed by atoms with Crippen molar-refractivity contribution in [2.75, 3.05) is 19.8 Å². The highest BCUT2D eigenvalue weighted by atomic mass is 16.5. The van der Waals surface area contributed by atoms with Crippen LogP contribution < -0.4 is 9.47 Å². The van der Waals surface area contributed by atoms with E-state index in [2.05, 4.69) is 0 Å². The molecule has 0 heterocycles. The maximum Gasteiger partial charge on any atom is 0.341 e. The summed E-state index contributed by atoms with van der Waals surface area (Å²) in [4.78, 5) is 10.2. The molecular weight excluding hydrogens is 200 g/mol. The Hall–Kier alpha value is -1.75. The van der Waals surface area contributed by atoms with Crippen molar-refractivity contribution >= 4 is 5.97 Å². The van der Waals surface area contributed by atoms with Gasteiger partial charge in [-0.25, -0.2) is 4.79 Å². The number of aliphatic hydroxyl groups is 1. The monoisotopic (exact) mass is 212 g/mol. The third-order valence-electron chi connectivity index (χ3n) is 1.55. The van der Waals surface area contributed by atoms with Crippen molar-refractivity contribution in [1.82, 2.24) is 0 Å². The fourth-order valence-corrected chi connectivity index (χ4v) is 0.941. The summed E-state index contributed by atoms with van der Waals surface area (Å²) in [5.74, 6) is 0.0519. The number of hydrogen-bond donors (Lipinski definition) is 2. The second kappa shape index (κ2) is 5.87. The summed E-state index contributed by atoms with van der Waals surface area (Å²) in [5.41, 5.74) is 0. The standard InChI is InChI=1S/C10H12O5/c11-5-6-14-8-1-3-9(4-2-8)15-7-10(12)13/h1-4,11H,5-7H2,(H,12,13). The maximum atomic E-state index is 10.2. The lowest BCUT2D eigenvalue weighted by atomic mass is 10.3. The van der Waals surface area contributed by atoms with Gasteiger partial charge in [0.15, 0.2) is 6.61 Å². The van der Waals surface area contributed by atoms with Gasteiger partial charge in [0.05, 0.1) is 6.61 Å². The summed E-state index contributed by atoms with van der Waals surface area (Å²) in [6, 6.07) is 6.50. The van der Waals surface area contributed by atoms with Crippen LogP contribution in [-0.4, -0.2) is 36.0 Å². The molecule has 0 aliphatic rings. The highest BCUT2D eigenvalue weighted by molar-refractivity contribution is 5.68. The van der Waals surface area contributed by atoms with Crippen molar-refractivity contribution in [2.24, 2.45) is 0 Å². The summed E-state index contributed by atoms with van der Waals surface area (Å²) in [6.07, 6.45) is 0. The maximum absolute atomic E-state index is 10.2. The molecule has 0 spiro atoms. The van der Waals surface area contributed by atoms with E-state index in [0.29, 0.717) is 11.5 Å². The second-order valence-electron chi connectivity index (χ2n) is 2.73. The third kappa shape index (κ3) is 4.33. The second-order valence-corrected chi connectivity index (χ2v) is 2.73. The van der Waals surface area contributed by atoms with Crippen LogP contribution in [0.15, 0.2) is 24.3 Å². The van der Waals surface area contributed by atoms with Gasteiger partial charge >= 0.3 is 5.97 Å². The summed E-state index contributed by atoms with van der Waals surface area (Å²) >= 11 is 0. The molecule has 0 unspecified atom stereocenters. The van der Waals surface area contributed by atoms with Crippen LogP contribution in [0.4, 0.5) is 0 Å². The number of carboxylic acid groups (broad SMARTS) is 1. The van der Waals surface area contributed by atoms with E-state index in [1.165, 1.54) is 0 Å². The Morgan fingerprint density at radius 1 is 1.13 bits per heavy atom. The Labute approximate surface area is 86.9 Å². The average molecular weight is 212 g/mol. The zero-order valence-electron chi connectivity index (χ0n) is 8.05. The van der Waals surface area contributed by atoms with Crippen molar-refractivity contribution in [1.29, 1.82) is 0 Å². The molecule has 0 atom stereocenters. The Kier molecular flexibility index (Phi) is 4.43. The fraction of sp³-hybridized carbons (Fsp3) is 0.300. The largest absolute Gasteiger partial charge is 0.491 e. The molecule has 1 aromatic rings. The van der Waals surface area contributed by atoms with Gasteiger partial charge in [-0.1, -0.05) is 0 Å². The number of hydrogen-bond acceptors (Lipinski definition) is 4. The molecule has 1 rings (SSSR count). The van der Waals surface area contributed by atoms with E-state index in [1.807, 2.05) is 0 Å². The van der Waals surface area contributed by atoms with Gasteiger partial charge in [0.1, 0.15) is 18.1 Å². The first-order valence-corrected chi connectivity index (χ1v) is 4.40. The lowest BCUT2D eigenvalue weighted by Crippen LogP contribution is -2.09. The molecule has 82 valence electrons. The quantitative estimate of drug-likeness (QED) is 0.719. The molecule has 0 bridgehead atoms. The molecule has 0 aromatic heterocycles. The van der Waals surface area contributed by atoms with Crippen LogP contribution >= 0.6 is 0 Å². The van der Waals surface area contributed by atoms with Crippen LogP contribution in [0.2, 0.25) is 0 Å². The van der Waals surface area contributed by atoms with Crippen LogP contribution in [0.3, 0.4) is 0 Å². The van der Waals surface area contributed by atoms with Crippen LogP contribution in [0.5, 0.6) is 11.5 Å². The summed E-state index contributed by atoms with van der Waals surface area (Å²) in [5, 5.41) is 16.9. The van der Waals surface area contributed by atoms with Crippen molar-refractivity contribution in [3.8, 4) is 11.5 Å². The molecule has 0 saturated heterocycles. The number of benzene rings is 1. The molecule has 0 aliphatic carbocycles. The van der Waals surface area contributed by atoms with E-state index >= 15 is 0 Å². The van der Waals surface area contributed by atoms with Gasteiger partial charge in [0.25, 0.3) is 0 Å². The van der Waals surface area contributed by atoms with Gasteiger partial charge in [-0.2, -0.15) is 0 Å². The average Bonchev–Trinajstić information content (AvgIpc) is 2.25. The molecule has 0 radical (unpaired) electrons. The van der Waals surface area contributed by atoms with E-state index in [1.54, 1.807) is 24.3 Å². The molecule has 0 aliphatic heterocycles. The van der Waals surface area contributed by atoms with Crippen molar-refractivity contribution < 1.29 is 24.5 Å². The third-order valence-corrected chi connectivity index (χ3v) is 1.55. The SMILES string of the molecule is O=C(O)COc1ccc(OCCO)cc1. The van der Waals surface area contributed by atoms with Crippen molar-refractivity contribution in [3.05, 3.63) is 24.3 Å². The first kappa shape index (κ1) is 11.3. The molecule has 0 saturated carbocycles. The van der Waals surface area contributed by atoms with Crippen molar-refractivity contribution in [3.63, 3.8) is 0 Å². The van der Waals surface area contributed by atoms with E-state index in [4.69, 9.17) is 19.7 Å². The topological polar surface area (TPSA) is 76.0 Å². The van der Waals surface area contributed by atoms with Crippen LogP contribution in [0.25, 0.3) is 0 Å². The molecule has 15 heavy (non-hydrogen) atoms. The van der Waals surface area contributed by atoms with Gasteiger partial charge in [-0.05, 0) is 24.3 Å². The number of ether oxygens (including phenoxy) is 2. The number of aliphatic carboxylic acids is 1. The zero-order valence-corrected chi connectivity index (χ0v) is 8.05. The van der Waals surface area contributed by atoms with Gasteiger partial charge in [0, 0.05) is 0 Å². The van der Waals surface area contributed by atoms with E-state index in [0.717, 1.165) is 0 Å². The number of carboxylic acids is 1. The molecule has 5 nitrogen and oxygen atoms in total. The van der Waals surface area contributed by atoms with Crippen LogP contribution in [-0.2, 0) is 4.79 Å². The Balaban J connectivity index is 2.45. The zero-order chi connectivity index (χ0) is 11.1. The van der Waals surface area contributed by atoms with Gasteiger partial charge in [-0.15, -0.1) is 0 Å². The molecule has 1 aromatic carbocycles. The Morgan fingerprint density at radius 3 is 2.13 bits per heavy atom. The number of aliphatic hydroxyl groups excluding tert-OH is 1. The first-order valence-electron chi connectivity index (χ1n) is 4.40. The minimum atomic E-state index is -1.02. The molecular formula is C10H12O5. The molecule has 0 fully saturated rings. The lowest BCUT2D eigenvalue weighted by Gasteiger charge is -2.06. The van der Waals surface area contributed by atoms with Gasteiger partial charge < -0.3 is 19.7 Å². The van der Waals surface area contributed by atoms with Crippen LogP contribution in [0, 0.1) is 0 Å². The van der Waals surface area contributed by atoms with E-state index in [9.17, 15) is 4.79 Å². The van der Waals surface area contributed by atoms with Crippen LogP contribution in [0.1, 0.15) is 0 Å². The normalized spacial score (nSPS) is 9.67. The summed E-state index contributed by atoms with van der Waals surface area (Å²) in [7, 11) is 0. The van der Waals surface area contributed by atoms with E-state index in [-0.39, 0.29) is 19.8 Å². The highest BCUT2D eigenvalue weighted by Crippen LogP contribution is 2.17. The summed E-state index contributed by atoms with van der Waals surface area (Å²) < 4.78 is 10.0. The molecule has 5 heteroatoms. The predicted octanol–water partition coefficient (Wildman–Crippen LogP) is 0.521. The minimum absolute atomic E-state index is 0.0444. The lowest BCUT2D eigenvalue weighted by molar-refractivity contribution is -0.139. The number of rotatable bonds is 6. The Morgan fingerprint density at radius 2 is 1.67 bits per heavy atom. The fourth-order valence-electron chi connectivity index (χ4n) is 0.941. The Bertz CT molecular complexity index is 306.